The van der Waals surface area contributed by atoms with Crippen LogP contribution in [0.4, 0.5) is 4.79 Å². The van der Waals surface area contributed by atoms with Gasteiger partial charge in [0.15, 0.2) is 0 Å². The van der Waals surface area contributed by atoms with E-state index in [1.54, 1.807) is 21.6 Å². The van der Waals surface area contributed by atoms with Crippen molar-refractivity contribution in [3.8, 4) is 0 Å². The van der Waals surface area contributed by atoms with E-state index in [2.05, 4.69) is 4.98 Å². The lowest BCUT2D eigenvalue weighted by molar-refractivity contribution is 0.0712. The molecule has 3 heterocycles. The van der Waals surface area contributed by atoms with Gasteiger partial charge in [-0.1, -0.05) is 0 Å². The molecule has 2 fully saturated rings. The molecule has 1 aromatic rings. The van der Waals surface area contributed by atoms with Gasteiger partial charge in [-0.15, -0.1) is 0 Å². The number of carbonyl (C=O) groups is 1. The van der Waals surface area contributed by atoms with Crippen LogP contribution in [0, 0.1) is 0 Å². The summed E-state index contributed by atoms with van der Waals surface area (Å²) in [6.45, 7) is 5.61. The summed E-state index contributed by atoms with van der Waals surface area (Å²) in [5.41, 5.74) is 1.24. The maximum absolute atomic E-state index is 13.0. The molecular weight excluding hydrogens is 366 g/mol. The fourth-order valence-electron chi connectivity index (χ4n) is 3.90. The highest BCUT2D eigenvalue weighted by Gasteiger charge is 2.37. The van der Waals surface area contributed by atoms with Crippen molar-refractivity contribution in [3.63, 3.8) is 0 Å². The van der Waals surface area contributed by atoms with Crippen LogP contribution < -0.4 is 0 Å². The van der Waals surface area contributed by atoms with Crippen molar-refractivity contribution < 1.29 is 17.9 Å². The molecule has 1 aromatic heterocycles. The molecule has 2 saturated heterocycles. The Kier molecular flexibility index (Phi) is 6.37. The predicted octanol–water partition coefficient (Wildman–Crippen LogP) is 2.60. The van der Waals surface area contributed by atoms with Crippen LogP contribution in [-0.2, 0) is 14.8 Å². The number of hydrogen-bond donors (Lipinski definition) is 0. The van der Waals surface area contributed by atoms with Crippen LogP contribution in [0.5, 0.6) is 0 Å². The average Bonchev–Trinajstić information content (AvgIpc) is 2.68. The summed E-state index contributed by atoms with van der Waals surface area (Å²) in [6, 6.07) is 4.03. The highest BCUT2D eigenvalue weighted by atomic mass is 32.2. The summed E-state index contributed by atoms with van der Waals surface area (Å²) < 4.78 is 32.9. The smallest absolute Gasteiger partial charge is 0.410 e. The number of likely N-dealkylation sites (tertiary alicyclic amines) is 1. The minimum Gasteiger partial charge on any atom is -0.447 e. The van der Waals surface area contributed by atoms with Gasteiger partial charge in [0, 0.05) is 38.6 Å². The van der Waals surface area contributed by atoms with Crippen LogP contribution >= 0.6 is 0 Å². The first-order valence-corrected chi connectivity index (χ1v) is 11.2. The zero-order valence-electron chi connectivity index (χ0n) is 16.1. The molecule has 0 N–H and O–H groups in total. The first-order valence-electron chi connectivity index (χ1n) is 9.72. The van der Waals surface area contributed by atoms with Crippen molar-refractivity contribution in [2.24, 2.45) is 0 Å². The molecule has 0 saturated carbocycles. The molecule has 0 aromatic carbocycles. The molecule has 150 valence electrons. The van der Waals surface area contributed by atoms with Gasteiger partial charge in [-0.2, -0.15) is 0 Å². The van der Waals surface area contributed by atoms with Gasteiger partial charge in [0.1, 0.15) is 0 Å². The number of rotatable bonds is 4. The lowest BCUT2D eigenvalue weighted by atomic mass is 9.91. The zero-order chi connectivity index (χ0) is 19.4. The summed E-state index contributed by atoms with van der Waals surface area (Å²) in [5.74, 6) is 0.395. The third kappa shape index (κ3) is 4.79. The lowest BCUT2D eigenvalue weighted by Gasteiger charge is -2.37. The largest absolute Gasteiger partial charge is 0.447 e. The van der Waals surface area contributed by atoms with Crippen LogP contribution in [0.25, 0.3) is 0 Å². The summed E-state index contributed by atoms with van der Waals surface area (Å²) in [5, 5.41) is -0.405. The van der Waals surface area contributed by atoms with Crippen molar-refractivity contribution in [1.82, 2.24) is 14.2 Å². The van der Waals surface area contributed by atoms with Gasteiger partial charge in [-0.25, -0.2) is 17.5 Å². The summed E-state index contributed by atoms with van der Waals surface area (Å²) >= 11 is 0. The first-order chi connectivity index (χ1) is 12.9. The van der Waals surface area contributed by atoms with Crippen LogP contribution in [0.2, 0.25) is 0 Å². The first kappa shape index (κ1) is 20.1. The van der Waals surface area contributed by atoms with E-state index in [-0.39, 0.29) is 12.2 Å². The Morgan fingerprint density at radius 1 is 1.07 bits per heavy atom. The Bertz CT molecular complexity index is 723. The van der Waals surface area contributed by atoms with Gasteiger partial charge in [-0.05, 0) is 63.1 Å². The lowest BCUT2D eigenvalue weighted by Crippen LogP contribution is -2.48. The minimum absolute atomic E-state index is 0.166. The third-order valence-electron chi connectivity index (χ3n) is 5.45. The van der Waals surface area contributed by atoms with E-state index in [1.807, 2.05) is 26.0 Å². The molecule has 8 heteroatoms. The SMILES string of the molecule is CC(C)OC(=O)N1CCC(S(=O)(=O)N2CCC(c3ccncc3)CC2)CC1. The number of nitrogens with zero attached hydrogens (tertiary/aromatic N) is 3. The maximum Gasteiger partial charge on any atom is 0.410 e. The molecule has 7 nitrogen and oxygen atoms in total. The Labute approximate surface area is 161 Å². The molecule has 2 aliphatic rings. The molecular formula is C19H29N3O4S. The van der Waals surface area contributed by atoms with Gasteiger partial charge in [0.2, 0.25) is 10.0 Å². The quantitative estimate of drug-likeness (QED) is 0.783. The molecule has 0 aliphatic carbocycles. The van der Waals surface area contributed by atoms with E-state index in [4.69, 9.17) is 4.74 Å². The second-order valence-electron chi connectivity index (χ2n) is 7.62. The standard InChI is InChI=1S/C19H29N3O4S/c1-15(2)26-19(23)21-11-7-18(8-12-21)27(24,25)22-13-5-17(6-14-22)16-3-9-20-10-4-16/h3-4,9-10,15,17-18H,5-8,11-14H2,1-2H3. The number of sulfonamides is 1. The number of piperidine rings is 2. The molecule has 27 heavy (non-hydrogen) atoms. The van der Waals surface area contributed by atoms with Gasteiger partial charge in [0.05, 0.1) is 11.4 Å². The van der Waals surface area contributed by atoms with E-state index in [9.17, 15) is 13.2 Å². The fraction of sp³-hybridized carbons (Fsp3) is 0.684. The second-order valence-corrected chi connectivity index (χ2v) is 9.83. The Morgan fingerprint density at radius 3 is 2.22 bits per heavy atom. The van der Waals surface area contributed by atoms with Crippen molar-refractivity contribution in [3.05, 3.63) is 30.1 Å². The second kappa shape index (κ2) is 8.56. The van der Waals surface area contributed by atoms with Crippen molar-refractivity contribution in [1.29, 1.82) is 0 Å². The fourth-order valence-corrected chi connectivity index (χ4v) is 5.85. The molecule has 0 radical (unpaired) electrons. The van der Waals surface area contributed by atoms with E-state index in [0.717, 1.165) is 12.8 Å². The monoisotopic (exact) mass is 395 g/mol. The molecule has 3 rings (SSSR count). The third-order valence-corrected chi connectivity index (χ3v) is 7.85. The molecule has 0 spiro atoms. The van der Waals surface area contributed by atoms with Crippen molar-refractivity contribution in [2.45, 2.75) is 56.8 Å². The highest BCUT2D eigenvalue weighted by molar-refractivity contribution is 7.89. The van der Waals surface area contributed by atoms with Crippen LogP contribution in [0.3, 0.4) is 0 Å². The summed E-state index contributed by atoms with van der Waals surface area (Å²) in [6.07, 6.45) is 5.68. The number of pyridine rings is 1. The average molecular weight is 396 g/mol. The molecule has 0 unspecified atom stereocenters. The highest BCUT2D eigenvalue weighted by Crippen LogP contribution is 2.31. The van der Waals surface area contributed by atoms with Gasteiger partial charge in [0.25, 0.3) is 0 Å². The van der Waals surface area contributed by atoms with Gasteiger partial charge in [-0.3, -0.25) is 4.98 Å². The predicted molar refractivity (Wildman–Crippen MR) is 103 cm³/mol. The minimum atomic E-state index is -3.32. The van der Waals surface area contributed by atoms with E-state index >= 15 is 0 Å². The van der Waals surface area contributed by atoms with Crippen molar-refractivity contribution >= 4 is 16.1 Å². The molecule has 2 aliphatic heterocycles. The van der Waals surface area contributed by atoms with Crippen LogP contribution in [0.15, 0.2) is 24.5 Å². The Balaban J connectivity index is 1.53. The normalized spacial score (nSPS) is 20.8. The van der Waals surface area contributed by atoms with E-state index < -0.39 is 15.3 Å². The summed E-state index contributed by atoms with van der Waals surface area (Å²) in [7, 11) is -3.32. The topological polar surface area (TPSA) is 79.8 Å². The number of ether oxygens (including phenoxy) is 1. The summed E-state index contributed by atoms with van der Waals surface area (Å²) in [4.78, 5) is 17.6. The van der Waals surface area contributed by atoms with E-state index in [0.29, 0.717) is 44.9 Å². The van der Waals surface area contributed by atoms with Crippen LogP contribution in [-0.4, -0.2) is 66.2 Å². The number of carbonyl (C=O) groups excluding carboxylic acids is 1. The van der Waals surface area contributed by atoms with Gasteiger partial charge >= 0.3 is 6.09 Å². The molecule has 0 bridgehead atoms. The number of amides is 1. The number of aromatic nitrogens is 1. The van der Waals surface area contributed by atoms with E-state index in [1.165, 1.54) is 5.56 Å². The Hall–Kier alpha value is -1.67. The van der Waals surface area contributed by atoms with Crippen LogP contribution in [0.1, 0.15) is 51.0 Å². The zero-order valence-corrected chi connectivity index (χ0v) is 16.9. The Morgan fingerprint density at radius 2 is 1.67 bits per heavy atom. The molecule has 0 atom stereocenters. The van der Waals surface area contributed by atoms with Crippen molar-refractivity contribution in [2.75, 3.05) is 26.2 Å². The van der Waals surface area contributed by atoms with Gasteiger partial charge < -0.3 is 9.64 Å². The molecule has 1 amide bonds. The maximum atomic E-state index is 13.0. The number of hydrogen-bond acceptors (Lipinski definition) is 5.